The van der Waals surface area contributed by atoms with Crippen molar-refractivity contribution in [2.75, 3.05) is 31.0 Å². The number of amides is 2. The number of carbonyl (C=O) groups excluding carboxylic acids is 3. The van der Waals surface area contributed by atoms with Crippen molar-refractivity contribution in [2.24, 2.45) is 0 Å². The first-order valence-electron chi connectivity index (χ1n) is 18.7. The second-order valence-corrected chi connectivity index (χ2v) is 18.0. The first kappa shape index (κ1) is 44.6. The minimum absolute atomic E-state index is 0.0994. The maximum absolute atomic E-state index is 13.3. The van der Waals surface area contributed by atoms with E-state index < -0.39 is 29.7 Å². The first-order chi connectivity index (χ1) is 26.5. The van der Waals surface area contributed by atoms with Crippen LogP contribution in [0.15, 0.2) is 88.7 Å². The predicted molar refractivity (Wildman–Crippen MR) is 222 cm³/mol. The van der Waals surface area contributed by atoms with E-state index in [4.69, 9.17) is 18.9 Å². The number of hydrogen-bond acceptors (Lipinski definition) is 9. The molecule has 1 unspecified atom stereocenters. The minimum Gasteiger partial charge on any atom is -0.507 e. The summed E-state index contributed by atoms with van der Waals surface area (Å²) < 4.78 is 35.5. The SMILES string of the molecule is COC(=O)C(Cc1ccc(OCC(=O)Nc2ccc(Sc3cc(C(C)(C)C)c(O)c(C(C)(C)C)c3)cc2N(C)C(=O)OC(C)(C)C)cc1)OCc1ccc(F)cc1. The summed E-state index contributed by atoms with van der Waals surface area (Å²) in [5, 5.41) is 14.1. The molecule has 10 nitrogen and oxygen atoms in total. The van der Waals surface area contributed by atoms with Crippen molar-refractivity contribution in [1.29, 1.82) is 0 Å². The summed E-state index contributed by atoms with van der Waals surface area (Å²) in [5.41, 5.74) is 2.57. The van der Waals surface area contributed by atoms with Crippen molar-refractivity contribution in [1.82, 2.24) is 0 Å². The third-order valence-corrected chi connectivity index (χ3v) is 9.71. The van der Waals surface area contributed by atoms with E-state index in [1.54, 1.807) is 70.3 Å². The van der Waals surface area contributed by atoms with Gasteiger partial charge in [-0.25, -0.2) is 14.0 Å². The number of phenolic OH excluding ortho intramolecular Hbond substituents is 1. The van der Waals surface area contributed by atoms with E-state index in [1.165, 1.54) is 35.9 Å². The molecule has 57 heavy (non-hydrogen) atoms. The van der Waals surface area contributed by atoms with Gasteiger partial charge in [0, 0.05) is 34.4 Å². The zero-order valence-electron chi connectivity index (χ0n) is 34.7. The van der Waals surface area contributed by atoms with Crippen LogP contribution in [0.4, 0.5) is 20.6 Å². The van der Waals surface area contributed by atoms with Crippen molar-refractivity contribution in [2.45, 2.75) is 108 Å². The summed E-state index contributed by atoms with van der Waals surface area (Å²) in [7, 11) is 2.87. The standard InChI is InChI=1S/C45H55FN2O8S/c1-43(2,3)34-23-33(24-35(40(34)50)44(4,5)6)57-32-20-21-36(37(25-32)48(10)42(52)56-45(7,8)9)47-39(49)27-54-31-18-14-28(15-19-31)22-38(41(51)53-11)55-26-29-12-16-30(46)17-13-29/h12-21,23-25,38,50H,22,26-27H2,1-11H3,(H,47,49). The number of halogens is 1. The number of anilines is 2. The molecule has 1 atom stereocenters. The van der Waals surface area contributed by atoms with Crippen LogP contribution in [0.2, 0.25) is 0 Å². The van der Waals surface area contributed by atoms with E-state index in [1.807, 2.05) is 24.3 Å². The fraction of sp³-hybridized carbons (Fsp3) is 0.400. The zero-order chi connectivity index (χ0) is 42.3. The average Bonchev–Trinajstić information content (AvgIpc) is 3.12. The number of hydrogen-bond donors (Lipinski definition) is 2. The molecule has 4 aromatic carbocycles. The minimum atomic E-state index is -0.890. The van der Waals surface area contributed by atoms with E-state index in [9.17, 15) is 23.9 Å². The van der Waals surface area contributed by atoms with Gasteiger partial charge in [-0.05, 0) is 97.3 Å². The maximum Gasteiger partial charge on any atom is 0.414 e. The van der Waals surface area contributed by atoms with Gasteiger partial charge in [-0.3, -0.25) is 9.69 Å². The van der Waals surface area contributed by atoms with Crippen molar-refractivity contribution in [3.8, 4) is 11.5 Å². The summed E-state index contributed by atoms with van der Waals surface area (Å²) in [4.78, 5) is 42.1. The number of esters is 1. The lowest BCUT2D eigenvalue weighted by atomic mass is 9.79. The van der Waals surface area contributed by atoms with Gasteiger partial charge in [0.1, 0.15) is 22.9 Å². The van der Waals surface area contributed by atoms with Crippen LogP contribution >= 0.6 is 11.8 Å². The third-order valence-electron chi connectivity index (χ3n) is 8.75. The van der Waals surface area contributed by atoms with E-state index in [0.29, 0.717) is 22.7 Å². The lowest BCUT2D eigenvalue weighted by Crippen LogP contribution is -2.34. The van der Waals surface area contributed by atoms with Crippen LogP contribution in [0, 0.1) is 5.82 Å². The average molecular weight is 803 g/mol. The van der Waals surface area contributed by atoms with Gasteiger partial charge in [0.05, 0.1) is 25.1 Å². The third kappa shape index (κ3) is 13.0. The van der Waals surface area contributed by atoms with E-state index >= 15 is 0 Å². The Balaban J connectivity index is 1.50. The maximum atomic E-state index is 13.3. The molecule has 0 spiro atoms. The predicted octanol–water partition coefficient (Wildman–Crippen LogP) is 9.97. The van der Waals surface area contributed by atoms with E-state index in [2.05, 4.69) is 46.9 Å². The fourth-order valence-electron chi connectivity index (χ4n) is 5.72. The number of aromatic hydroxyl groups is 1. The molecule has 4 aromatic rings. The highest BCUT2D eigenvalue weighted by Crippen LogP contribution is 2.44. The van der Waals surface area contributed by atoms with Crippen LogP contribution in [0.5, 0.6) is 11.5 Å². The Morgan fingerprint density at radius 1 is 0.807 bits per heavy atom. The second kappa shape index (κ2) is 18.5. The number of carbonyl (C=O) groups is 3. The Labute approximate surface area is 340 Å². The number of benzene rings is 4. The molecule has 0 heterocycles. The fourth-order valence-corrected chi connectivity index (χ4v) is 6.66. The molecule has 12 heteroatoms. The van der Waals surface area contributed by atoms with Gasteiger partial charge in [-0.15, -0.1) is 0 Å². The lowest BCUT2D eigenvalue weighted by molar-refractivity contribution is -0.154. The van der Waals surface area contributed by atoms with Crippen LogP contribution in [-0.2, 0) is 47.7 Å². The van der Waals surface area contributed by atoms with Gasteiger partial charge < -0.3 is 29.4 Å². The van der Waals surface area contributed by atoms with Gasteiger partial charge in [-0.1, -0.05) is 77.6 Å². The van der Waals surface area contributed by atoms with Crippen molar-refractivity contribution >= 4 is 41.1 Å². The van der Waals surface area contributed by atoms with Crippen LogP contribution in [0.25, 0.3) is 0 Å². The molecule has 0 aliphatic carbocycles. The van der Waals surface area contributed by atoms with Gasteiger partial charge >= 0.3 is 12.1 Å². The molecule has 0 bridgehead atoms. The Hall–Kier alpha value is -5.07. The Bertz CT molecular complexity index is 2000. The van der Waals surface area contributed by atoms with Crippen molar-refractivity contribution < 1.29 is 42.8 Å². The van der Waals surface area contributed by atoms with Crippen molar-refractivity contribution in [3.05, 3.63) is 107 Å². The summed E-state index contributed by atoms with van der Waals surface area (Å²) in [6.07, 6.45) is -1.26. The number of nitrogens with one attached hydrogen (secondary N) is 1. The molecule has 0 saturated carbocycles. The topological polar surface area (TPSA) is 124 Å². The summed E-state index contributed by atoms with van der Waals surface area (Å²) >= 11 is 1.48. The smallest absolute Gasteiger partial charge is 0.414 e. The number of rotatable bonds is 13. The Morgan fingerprint density at radius 3 is 1.93 bits per heavy atom. The van der Waals surface area contributed by atoms with Gasteiger partial charge in [0.25, 0.3) is 5.91 Å². The summed E-state index contributed by atoms with van der Waals surface area (Å²) in [6, 6.07) is 22.1. The molecule has 2 amide bonds. The number of methoxy groups -OCH3 is 1. The van der Waals surface area contributed by atoms with Gasteiger partial charge in [0.2, 0.25) is 0 Å². The van der Waals surface area contributed by atoms with E-state index in [-0.39, 0.29) is 42.0 Å². The monoisotopic (exact) mass is 802 g/mol. The highest BCUT2D eigenvalue weighted by atomic mass is 32.2. The Morgan fingerprint density at radius 2 is 1.39 bits per heavy atom. The summed E-state index contributed by atoms with van der Waals surface area (Å²) in [5.74, 6) is -0.646. The first-order valence-corrected chi connectivity index (χ1v) is 19.5. The molecule has 2 N–H and O–H groups in total. The van der Waals surface area contributed by atoms with Crippen LogP contribution in [-0.4, -0.2) is 55.5 Å². The quantitative estimate of drug-likeness (QED) is 0.127. The summed E-state index contributed by atoms with van der Waals surface area (Å²) in [6.45, 7) is 17.5. The molecule has 0 aromatic heterocycles. The van der Waals surface area contributed by atoms with E-state index in [0.717, 1.165) is 26.5 Å². The van der Waals surface area contributed by atoms with Gasteiger partial charge in [0.15, 0.2) is 12.7 Å². The number of phenols is 1. The molecule has 0 aliphatic heterocycles. The van der Waals surface area contributed by atoms with Crippen LogP contribution in [0.1, 0.15) is 84.6 Å². The molecule has 306 valence electrons. The lowest BCUT2D eigenvalue weighted by Gasteiger charge is -2.28. The highest BCUT2D eigenvalue weighted by Gasteiger charge is 2.28. The van der Waals surface area contributed by atoms with Gasteiger partial charge in [-0.2, -0.15) is 0 Å². The molecule has 0 aliphatic rings. The molecular formula is C45H55FN2O8S. The molecule has 4 rings (SSSR count). The van der Waals surface area contributed by atoms with Crippen LogP contribution in [0.3, 0.4) is 0 Å². The molecular weight excluding hydrogens is 748 g/mol. The van der Waals surface area contributed by atoms with Crippen LogP contribution < -0.4 is 15.0 Å². The largest absolute Gasteiger partial charge is 0.507 e. The Kier molecular flexibility index (Phi) is 14.5. The zero-order valence-corrected chi connectivity index (χ0v) is 35.6. The number of nitrogens with zero attached hydrogens (tertiary/aromatic N) is 1. The highest BCUT2D eigenvalue weighted by molar-refractivity contribution is 7.99. The molecule has 0 saturated heterocycles. The second-order valence-electron chi connectivity index (χ2n) is 16.8. The number of ether oxygens (including phenoxy) is 4. The normalized spacial score (nSPS) is 12.4. The molecule has 0 radical (unpaired) electrons. The molecule has 0 fully saturated rings. The van der Waals surface area contributed by atoms with Crippen molar-refractivity contribution in [3.63, 3.8) is 0 Å².